The van der Waals surface area contributed by atoms with Crippen LogP contribution in [0.2, 0.25) is 0 Å². The number of ketones is 1. The number of rotatable bonds is 4. The molecule has 150 valence electrons. The number of hydrogen-bond donors (Lipinski definition) is 2. The van der Waals surface area contributed by atoms with E-state index in [-0.39, 0.29) is 23.4 Å². The Morgan fingerprint density at radius 2 is 2.03 bits per heavy atom. The molecular weight excluding hydrogens is 368 g/mol. The zero-order chi connectivity index (χ0) is 20.4. The number of Topliss-reactive ketones (excluding diaryl/α,β-unsaturated/α-hetero) is 1. The molecule has 1 heterocycles. The number of aldehydes is 1. The minimum atomic E-state index is -0.385. The van der Waals surface area contributed by atoms with Crippen LogP contribution in [0.4, 0.5) is 0 Å². The number of hydrogen-bond acceptors (Lipinski definition) is 5. The highest BCUT2D eigenvalue weighted by Crippen LogP contribution is 2.31. The van der Waals surface area contributed by atoms with Crippen LogP contribution in [0.15, 0.2) is 41.7 Å². The highest BCUT2D eigenvalue weighted by atomic mass is 16.2. The third-order valence-electron chi connectivity index (χ3n) is 5.73. The number of fused-ring (bicyclic) bond motifs is 1. The molecule has 0 saturated heterocycles. The van der Waals surface area contributed by atoms with Crippen molar-refractivity contribution in [2.24, 2.45) is 5.73 Å². The summed E-state index contributed by atoms with van der Waals surface area (Å²) >= 11 is 0. The molecule has 3 N–H and O–H groups in total. The SMILES string of the molecule is NC(C(=O)NC1CCCc2c1cnn2-c1cccc(C=O)c1)=C1CCCCC1=O. The Hall–Kier alpha value is -3.22. The van der Waals surface area contributed by atoms with Crippen LogP contribution in [0.1, 0.15) is 66.2 Å². The van der Waals surface area contributed by atoms with Gasteiger partial charge in [0.25, 0.3) is 5.91 Å². The van der Waals surface area contributed by atoms with Crippen molar-refractivity contribution in [3.63, 3.8) is 0 Å². The van der Waals surface area contributed by atoms with Gasteiger partial charge >= 0.3 is 0 Å². The highest BCUT2D eigenvalue weighted by Gasteiger charge is 2.28. The monoisotopic (exact) mass is 392 g/mol. The number of amides is 1. The first-order valence-electron chi connectivity index (χ1n) is 10.0. The van der Waals surface area contributed by atoms with Crippen molar-refractivity contribution in [1.82, 2.24) is 15.1 Å². The maximum absolute atomic E-state index is 12.7. The second-order valence-corrected chi connectivity index (χ2v) is 7.61. The predicted molar refractivity (Wildman–Crippen MR) is 107 cm³/mol. The Bertz CT molecular complexity index is 1010. The van der Waals surface area contributed by atoms with Crippen LogP contribution in [0.3, 0.4) is 0 Å². The smallest absolute Gasteiger partial charge is 0.268 e. The van der Waals surface area contributed by atoms with Crippen molar-refractivity contribution >= 4 is 18.0 Å². The lowest BCUT2D eigenvalue weighted by Gasteiger charge is -2.25. The summed E-state index contributed by atoms with van der Waals surface area (Å²) in [5, 5.41) is 7.50. The molecule has 1 amide bonds. The molecule has 7 heteroatoms. The summed E-state index contributed by atoms with van der Waals surface area (Å²) in [4.78, 5) is 35.9. The lowest BCUT2D eigenvalue weighted by Crippen LogP contribution is -2.35. The number of allylic oxidation sites excluding steroid dienone is 1. The van der Waals surface area contributed by atoms with Gasteiger partial charge in [-0.25, -0.2) is 4.68 Å². The van der Waals surface area contributed by atoms with E-state index in [0.717, 1.165) is 55.3 Å². The van der Waals surface area contributed by atoms with E-state index in [2.05, 4.69) is 10.4 Å². The van der Waals surface area contributed by atoms with Crippen molar-refractivity contribution in [3.05, 3.63) is 58.6 Å². The van der Waals surface area contributed by atoms with Gasteiger partial charge in [-0.05, 0) is 50.7 Å². The number of aromatic nitrogens is 2. The first kappa shape index (κ1) is 19.1. The topological polar surface area (TPSA) is 107 Å². The summed E-state index contributed by atoms with van der Waals surface area (Å²) < 4.78 is 1.83. The Labute approximate surface area is 169 Å². The van der Waals surface area contributed by atoms with E-state index in [9.17, 15) is 14.4 Å². The maximum Gasteiger partial charge on any atom is 0.268 e. The van der Waals surface area contributed by atoms with E-state index in [4.69, 9.17) is 5.73 Å². The third kappa shape index (κ3) is 3.72. The first-order valence-corrected chi connectivity index (χ1v) is 10.0. The van der Waals surface area contributed by atoms with Crippen LogP contribution >= 0.6 is 0 Å². The van der Waals surface area contributed by atoms with Crippen molar-refractivity contribution in [3.8, 4) is 5.69 Å². The number of carbonyl (C=O) groups excluding carboxylic acids is 3. The van der Waals surface area contributed by atoms with Crippen molar-refractivity contribution in [2.75, 3.05) is 0 Å². The molecule has 2 aliphatic carbocycles. The molecule has 4 rings (SSSR count). The van der Waals surface area contributed by atoms with Crippen LogP contribution in [0, 0.1) is 0 Å². The summed E-state index contributed by atoms with van der Waals surface area (Å²) in [6.45, 7) is 0. The van der Waals surface area contributed by atoms with Gasteiger partial charge in [-0.3, -0.25) is 14.4 Å². The van der Waals surface area contributed by atoms with E-state index < -0.39 is 0 Å². The van der Waals surface area contributed by atoms with Crippen molar-refractivity contribution < 1.29 is 14.4 Å². The Morgan fingerprint density at radius 3 is 2.83 bits per heavy atom. The average molecular weight is 392 g/mol. The normalized spacial score (nSPS) is 20.7. The Morgan fingerprint density at radius 1 is 1.21 bits per heavy atom. The van der Waals surface area contributed by atoms with Crippen LogP contribution in [0.25, 0.3) is 5.69 Å². The molecular formula is C22H24N4O3. The van der Waals surface area contributed by atoms with Crippen LogP contribution in [0.5, 0.6) is 0 Å². The Balaban J connectivity index is 1.58. The van der Waals surface area contributed by atoms with Crippen LogP contribution in [-0.4, -0.2) is 27.8 Å². The van der Waals surface area contributed by atoms with E-state index in [1.807, 2.05) is 16.8 Å². The van der Waals surface area contributed by atoms with Gasteiger partial charge in [0, 0.05) is 28.8 Å². The quantitative estimate of drug-likeness (QED) is 0.614. The number of benzene rings is 1. The standard InChI is InChI=1S/C22H24N4O3/c23-21(16-7-1-2-10-20(16)28)22(29)25-18-8-4-9-19-17(18)12-24-26(19)15-6-3-5-14(11-15)13-27/h3,5-6,11-13,18H,1-2,4,7-10,23H2,(H,25,29). The molecule has 0 spiro atoms. The molecule has 0 radical (unpaired) electrons. The molecule has 1 saturated carbocycles. The largest absolute Gasteiger partial charge is 0.394 e. The lowest BCUT2D eigenvalue weighted by atomic mass is 9.91. The summed E-state index contributed by atoms with van der Waals surface area (Å²) in [5.41, 5.74) is 9.93. The molecule has 1 atom stereocenters. The van der Waals surface area contributed by atoms with Gasteiger partial charge in [0.1, 0.15) is 12.0 Å². The fraction of sp³-hybridized carbons (Fsp3) is 0.364. The van der Waals surface area contributed by atoms with Gasteiger partial charge in [0.15, 0.2) is 5.78 Å². The predicted octanol–water partition coefficient (Wildman–Crippen LogP) is 2.53. The fourth-order valence-electron chi connectivity index (χ4n) is 4.19. The summed E-state index contributed by atoms with van der Waals surface area (Å²) in [5.74, 6) is -0.403. The molecule has 29 heavy (non-hydrogen) atoms. The lowest BCUT2D eigenvalue weighted by molar-refractivity contribution is -0.120. The van der Waals surface area contributed by atoms with Gasteiger partial charge in [0.05, 0.1) is 17.9 Å². The summed E-state index contributed by atoms with van der Waals surface area (Å²) in [6, 6.07) is 7.06. The minimum Gasteiger partial charge on any atom is -0.394 e. The van der Waals surface area contributed by atoms with E-state index in [1.54, 1.807) is 18.3 Å². The molecule has 7 nitrogen and oxygen atoms in total. The molecule has 2 aliphatic rings. The molecule has 1 unspecified atom stereocenters. The summed E-state index contributed by atoms with van der Waals surface area (Å²) in [6.07, 6.45) is 7.86. The van der Waals surface area contributed by atoms with Gasteiger partial charge in [-0.1, -0.05) is 12.1 Å². The first-order chi connectivity index (χ1) is 14.1. The van der Waals surface area contributed by atoms with Gasteiger partial charge in [0.2, 0.25) is 0 Å². The molecule has 0 aliphatic heterocycles. The van der Waals surface area contributed by atoms with Gasteiger partial charge in [-0.2, -0.15) is 5.10 Å². The van der Waals surface area contributed by atoms with Crippen molar-refractivity contribution in [2.45, 2.75) is 51.0 Å². The maximum atomic E-state index is 12.7. The molecule has 0 bridgehead atoms. The zero-order valence-corrected chi connectivity index (χ0v) is 16.2. The average Bonchev–Trinajstić information content (AvgIpc) is 3.19. The van der Waals surface area contributed by atoms with Crippen LogP contribution in [-0.2, 0) is 16.0 Å². The fourth-order valence-corrected chi connectivity index (χ4v) is 4.19. The zero-order valence-electron chi connectivity index (χ0n) is 16.2. The highest BCUT2D eigenvalue weighted by molar-refractivity contribution is 6.05. The molecule has 2 aromatic rings. The van der Waals surface area contributed by atoms with Crippen LogP contribution < -0.4 is 11.1 Å². The minimum absolute atomic E-state index is 0.0175. The van der Waals surface area contributed by atoms with Gasteiger partial charge in [-0.15, -0.1) is 0 Å². The molecule has 1 fully saturated rings. The number of nitrogens with zero attached hydrogens (tertiary/aromatic N) is 2. The summed E-state index contributed by atoms with van der Waals surface area (Å²) in [7, 11) is 0. The number of nitrogens with one attached hydrogen (secondary N) is 1. The third-order valence-corrected chi connectivity index (χ3v) is 5.73. The van der Waals surface area contributed by atoms with E-state index in [1.165, 1.54) is 0 Å². The van der Waals surface area contributed by atoms with E-state index >= 15 is 0 Å². The number of carbonyl (C=O) groups is 3. The Kier molecular flexibility index (Phi) is 5.29. The molecule has 1 aromatic carbocycles. The van der Waals surface area contributed by atoms with Gasteiger partial charge < -0.3 is 11.1 Å². The second kappa shape index (κ2) is 8.03. The van der Waals surface area contributed by atoms with E-state index in [0.29, 0.717) is 24.0 Å². The van der Waals surface area contributed by atoms with Crippen molar-refractivity contribution in [1.29, 1.82) is 0 Å². The second-order valence-electron chi connectivity index (χ2n) is 7.61. The molecule has 1 aromatic heterocycles. The number of nitrogens with two attached hydrogens (primary N) is 1.